The zero-order chi connectivity index (χ0) is 17.9. The van der Waals surface area contributed by atoms with Crippen LogP contribution < -0.4 is 0 Å². The van der Waals surface area contributed by atoms with Crippen LogP contribution in [0.1, 0.15) is 15.2 Å². The Morgan fingerprint density at radius 3 is 2.62 bits per heavy atom. The molecule has 4 rings (SSSR count). The summed E-state index contributed by atoms with van der Waals surface area (Å²) in [6, 6.07) is 11.8. The highest BCUT2D eigenvalue weighted by molar-refractivity contribution is 7.10. The summed E-state index contributed by atoms with van der Waals surface area (Å²) in [5.74, 6) is 0.302. The van der Waals surface area contributed by atoms with Crippen molar-refractivity contribution in [2.45, 2.75) is 6.42 Å². The Labute approximate surface area is 156 Å². The number of benzene rings is 1. The van der Waals surface area contributed by atoms with Crippen molar-refractivity contribution in [3.8, 4) is 0 Å². The molecule has 0 unspecified atom stereocenters. The summed E-state index contributed by atoms with van der Waals surface area (Å²) in [6.07, 6.45) is 2.28. The van der Waals surface area contributed by atoms with E-state index in [1.807, 2.05) is 46.7 Å². The average Bonchev–Trinajstić information content (AvgIpc) is 3.31. The third-order valence-corrected chi connectivity index (χ3v) is 5.76. The number of para-hydroxylation sites is 1. The molecule has 1 saturated heterocycles. The number of aromatic nitrogens is 1. The van der Waals surface area contributed by atoms with Crippen molar-refractivity contribution in [2.24, 2.45) is 0 Å². The minimum atomic E-state index is 0.126. The Bertz CT molecular complexity index is 908. The maximum absolute atomic E-state index is 12.7. The number of fused-ring (bicyclic) bond motifs is 1. The lowest BCUT2D eigenvalue weighted by molar-refractivity contribution is -0.132. The van der Waals surface area contributed by atoms with Gasteiger partial charge in [-0.15, -0.1) is 11.3 Å². The summed E-state index contributed by atoms with van der Waals surface area (Å²) in [7, 11) is 0. The SMILES string of the molecule is O=C(CN1CCN(C(=O)Cc2cccs2)CC1)c1c[nH]c2ccccc12. The van der Waals surface area contributed by atoms with E-state index in [4.69, 9.17) is 0 Å². The molecule has 26 heavy (non-hydrogen) atoms. The molecule has 1 N–H and O–H groups in total. The molecular formula is C20H21N3O2S. The zero-order valence-corrected chi connectivity index (χ0v) is 15.3. The molecule has 0 aliphatic carbocycles. The van der Waals surface area contributed by atoms with Gasteiger partial charge in [0.25, 0.3) is 0 Å². The molecule has 0 spiro atoms. The molecule has 6 heteroatoms. The van der Waals surface area contributed by atoms with Crippen molar-refractivity contribution >= 4 is 33.9 Å². The van der Waals surface area contributed by atoms with Gasteiger partial charge >= 0.3 is 0 Å². The van der Waals surface area contributed by atoms with Crippen LogP contribution in [-0.2, 0) is 11.2 Å². The Hall–Kier alpha value is -2.44. The first-order valence-electron chi connectivity index (χ1n) is 8.82. The van der Waals surface area contributed by atoms with E-state index >= 15 is 0 Å². The van der Waals surface area contributed by atoms with Gasteiger partial charge in [0.05, 0.1) is 13.0 Å². The number of rotatable bonds is 5. The second-order valence-corrected chi connectivity index (χ2v) is 7.62. The fourth-order valence-electron chi connectivity index (χ4n) is 3.42. The highest BCUT2D eigenvalue weighted by Gasteiger charge is 2.23. The normalized spacial score (nSPS) is 15.5. The van der Waals surface area contributed by atoms with Gasteiger partial charge in [-0.2, -0.15) is 0 Å². The first-order valence-corrected chi connectivity index (χ1v) is 9.70. The molecule has 0 bridgehead atoms. The Morgan fingerprint density at radius 2 is 1.85 bits per heavy atom. The molecule has 0 atom stereocenters. The highest BCUT2D eigenvalue weighted by Crippen LogP contribution is 2.19. The van der Waals surface area contributed by atoms with Crippen LogP contribution in [0.25, 0.3) is 10.9 Å². The smallest absolute Gasteiger partial charge is 0.227 e. The number of carbonyl (C=O) groups is 2. The van der Waals surface area contributed by atoms with E-state index < -0.39 is 0 Å². The van der Waals surface area contributed by atoms with Crippen LogP contribution in [0, 0.1) is 0 Å². The van der Waals surface area contributed by atoms with Gasteiger partial charge in [-0.1, -0.05) is 24.3 Å². The van der Waals surface area contributed by atoms with Crippen LogP contribution in [0.2, 0.25) is 0 Å². The predicted octanol–water partition coefficient (Wildman–Crippen LogP) is 2.80. The van der Waals surface area contributed by atoms with Crippen molar-refractivity contribution < 1.29 is 9.59 Å². The number of aromatic amines is 1. The number of piperazine rings is 1. The number of H-pyrrole nitrogens is 1. The molecule has 2 aromatic heterocycles. The van der Waals surface area contributed by atoms with Crippen molar-refractivity contribution in [3.05, 3.63) is 58.4 Å². The summed E-state index contributed by atoms with van der Waals surface area (Å²) in [4.78, 5) is 33.4. The molecule has 3 aromatic rings. The van der Waals surface area contributed by atoms with Crippen molar-refractivity contribution in [2.75, 3.05) is 32.7 Å². The molecular weight excluding hydrogens is 346 g/mol. The quantitative estimate of drug-likeness (QED) is 0.706. The number of amides is 1. The number of ketones is 1. The van der Waals surface area contributed by atoms with Crippen LogP contribution in [-0.4, -0.2) is 59.2 Å². The summed E-state index contributed by atoms with van der Waals surface area (Å²) in [6.45, 7) is 3.25. The Balaban J connectivity index is 1.32. The van der Waals surface area contributed by atoms with Gasteiger partial charge in [-0.3, -0.25) is 14.5 Å². The molecule has 1 aliphatic heterocycles. The fourth-order valence-corrected chi connectivity index (χ4v) is 4.12. The number of nitrogens with one attached hydrogen (secondary N) is 1. The number of carbonyl (C=O) groups excluding carboxylic acids is 2. The van der Waals surface area contributed by atoms with E-state index in [1.54, 1.807) is 17.5 Å². The molecule has 1 aliphatic rings. The third kappa shape index (κ3) is 3.57. The van der Waals surface area contributed by atoms with E-state index in [-0.39, 0.29) is 11.7 Å². The van der Waals surface area contributed by atoms with Gasteiger partial charge < -0.3 is 9.88 Å². The maximum Gasteiger partial charge on any atom is 0.227 e. The minimum Gasteiger partial charge on any atom is -0.360 e. The first-order chi connectivity index (χ1) is 12.7. The molecule has 1 aromatic carbocycles. The summed E-state index contributed by atoms with van der Waals surface area (Å²) in [5, 5.41) is 2.97. The van der Waals surface area contributed by atoms with Gasteiger partial charge in [-0.25, -0.2) is 0 Å². The lowest BCUT2D eigenvalue weighted by Gasteiger charge is -2.34. The molecule has 1 fully saturated rings. The van der Waals surface area contributed by atoms with E-state index in [2.05, 4.69) is 9.88 Å². The number of nitrogens with zero attached hydrogens (tertiary/aromatic N) is 2. The fraction of sp³-hybridized carbons (Fsp3) is 0.300. The lowest BCUT2D eigenvalue weighted by atomic mass is 10.1. The van der Waals surface area contributed by atoms with Crippen LogP contribution in [0.3, 0.4) is 0 Å². The largest absolute Gasteiger partial charge is 0.360 e. The lowest BCUT2D eigenvalue weighted by Crippen LogP contribution is -2.50. The molecule has 134 valence electrons. The van der Waals surface area contributed by atoms with Gasteiger partial charge in [-0.05, 0) is 17.5 Å². The molecule has 5 nitrogen and oxygen atoms in total. The number of hydrogen-bond acceptors (Lipinski definition) is 4. The number of hydrogen-bond donors (Lipinski definition) is 1. The highest BCUT2D eigenvalue weighted by atomic mass is 32.1. The predicted molar refractivity (Wildman–Crippen MR) is 104 cm³/mol. The molecule has 3 heterocycles. The van der Waals surface area contributed by atoms with Crippen LogP contribution in [0.5, 0.6) is 0 Å². The topological polar surface area (TPSA) is 56.4 Å². The zero-order valence-electron chi connectivity index (χ0n) is 14.5. The monoisotopic (exact) mass is 367 g/mol. The standard InChI is InChI=1S/C20H21N3O2S/c24-19(17-13-21-18-6-2-1-5-16(17)18)14-22-7-9-23(10-8-22)20(25)12-15-4-3-11-26-15/h1-6,11,13,21H,7-10,12,14H2. The minimum absolute atomic E-state index is 0.126. The Kier molecular flexibility index (Phi) is 4.86. The van der Waals surface area contributed by atoms with Crippen molar-refractivity contribution in [3.63, 3.8) is 0 Å². The number of thiophene rings is 1. The second-order valence-electron chi connectivity index (χ2n) is 6.58. The van der Waals surface area contributed by atoms with Crippen LogP contribution in [0.15, 0.2) is 48.0 Å². The van der Waals surface area contributed by atoms with E-state index in [0.29, 0.717) is 26.1 Å². The van der Waals surface area contributed by atoms with Gasteiger partial charge in [0.2, 0.25) is 5.91 Å². The van der Waals surface area contributed by atoms with Gasteiger partial charge in [0, 0.05) is 53.7 Å². The second kappa shape index (κ2) is 7.43. The van der Waals surface area contributed by atoms with E-state index in [0.717, 1.165) is 34.4 Å². The molecule has 0 saturated carbocycles. The summed E-state index contributed by atoms with van der Waals surface area (Å²) >= 11 is 1.62. The van der Waals surface area contributed by atoms with Crippen LogP contribution in [0.4, 0.5) is 0 Å². The third-order valence-electron chi connectivity index (χ3n) is 4.89. The number of Topliss-reactive ketones (excluding diaryl/α,β-unsaturated/α-hetero) is 1. The van der Waals surface area contributed by atoms with Crippen molar-refractivity contribution in [1.82, 2.24) is 14.8 Å². The van der Waals surface area contributed by atoms with E-state index in [9.17, 15) is 9.59 Å². The van der Waals surface area contributed by atoms with Gasteiger partial charge in [0.15, 0.2) is 5.78 Å². The van der Waals surface area contributed by atoms with Crippen molar-refractivity contribution in [1.29, 1.82) is 0 Å². The van der Waals surface area contributed by atoms with Gasteiger partial charge in [0.1, 0.15) is 0 Å². The van der Waals surface area contributed by atoms with Crippen LogP contribution >= 0.6 is 11.3 Å². The molecule has 1 amide bonds. The maximum atomic E-state index is 12.7. The molecule has 0 radical (unpaired) electrons. The Morgan fingerprint density at radius 1 is 1.04 bits per heavy atom. The summed E-state index contributed by atoms with van der Waals surface area (Å²) in [5.41, 5.74) is 1.73. The van der Waals surface area contributed by atoms with E-state index in [1.165, 1.54) is 0 Å². The summed E-state index contributed by atoms with van der Waals surface area (Å²) < 4.78 is 0. The average molecular weight is 367 g/mol. The first kappa shape index (κ1) is 17.0.